The van der Waals surface area contributed by atoms with E-state index in [0.717, 1.165) is 30.3 Å². The third kappa shape index (κ3) is 3.84. The number of carbonyl (C=O) groups is 1. The highest BCUT2D eigenvalue weighted by atomic mass is 35.5. The van der Waals surface area contributed by atoms with Gasteiger partial charge in [-0.15, -0.1) is 11.8 Å². The van der Waals surface area contributed by atoms with E-state index < -0.39 is 0 Å². The summed E-state index contributed by atoms with van der Waals surface area (Å²) in [4.78, 5) is 14.3. The Labute approximate surface area is 140 Å². The number of halogens is 1. The summed E-state index contributed by atoms with van der Waals surface area (Å²) in [6.45, 7) is 1.58. The summed E-state index contributed by atoms with van der Waals surface area (Å²) in [6.07, 6.45) is 0.962. The van der Waals surface area contributed by atoms with Crippen LogP contribution in [0, 0.1) is 0 Å². The molecule has 1 aliphatic heterocycles. The highest BCUT2D eigenvalue weighted by molar-refractivity contribution is 7.99. The van der Waals surface area contributed by atoms with Gasteiger partial charge in [-0.3, -0.25) is 4.79 Å². The summed E-state index contributed by atoms with van der Waals surface area (Å²) in [5.41, 5.74) is 3.86. The van der Waals surface area contributed by atoms with E-state index in [1.54, 1.807) is 11.8 Å². The Morgan fingerprint density at radius 3 is 2.59 bits per heavy atom. The molecule has 114 valence electrons. The van der Waals surface area contributed by atoms with Crippen LogP contribution in [0.2, 0.25) is 5.02 Å². The minimum Gasteiger partial charge on any atom is -0.337 e. The molecule has 4 heteroatoms. The zero-order chi connectivity index (χ0) is 15.4. The number of benzene rings is 2. The van der Waals surface area contributed by atoms with Gasteiger partial charge in [0.1, 0.15) is 0 Å². The van der Waals surface area contributed by atoms with E-state index >= 15 is 0 Å². The van der Waals surface area contributed by atoms with Gasteiger partial charge in [0.15, 0.2) is 0 Å². The molecule has 0 N–H and O–H groups in total. The van der Waals surface area contributed by atoms with Crippen molar-refractivity contribution in [1.29, 1.82) is 0 Å². The lowest BCUT2D eigenvalue weighted by molar-refractivity contribution is -0.129. The largest absolute Gasteiger partial charge is 0.337 e. The standard InChI is InChI=1S/C18H18ClNOS/c19-17-7-5-14(6-8-17)12-22-13-18(21)20-10-9-15-3-1-2-4-16(15)11-20/h1-8H,9-13H2. The first-order chi connectivity index (χ1) is 10.7. The quantitative estimate of drug-likeness (QED) is 0.838. The van der Waals surface area contributed by atoms with Crippen molar-refractivity contribution in [2.75, 3.05) is 12.3 Å². The Kier molecular flexibility index (Phi) is 5.06. The molecule has 0 fully saturated rings. The Balaban J connectivity index is 1.50. The Morgan fingerprint density at radius 1 is 1.09 bits per heavy atom. The van der Waals surface area contributed by atoms with Gasteiger partial charge in [0, 0.05) is 23.9 Å². The van der Waals surface area contributed by atoms with Gasteiger partial charge in [-0.25, -0.2) is 0 Å². The van der Waals surface area contributed by atoms with Gasteiger partial charge < -0.3 is 4.90 Å². The molecule has 0 spiro atoms. The summed E-state index contributed by atoms with van der Waals surface area (Å²) >= 11 is 7.53. The van der Waals surface area contributed by atoms with Crippen LogP contribution in [0.3, 0.4) is 0 Å². The normalized spacial score (nSPS) is 13.8. The minimum atomic E-state index is 0.230. The molecule has 0 saturated heterocycles. The maximum atomic E-state index is 12.3. The summed E-state index contributed by atoms with van der Waals surface area (Å²) in [5, 5.41) is 0.747. The number of amides is 1. The van der Waals surface area contributed by atoms with E-state index in [1.165, 1.54) is 16.7 Å². The zero-order valence-electron chi connectivity index (χ0n) is 12.3. The summed E-state index contributed by atoms with van der Waals surface area (Å²) in [5.74, 6) is 1.60. The lowest BCUT2D eigenvalue weighted by atomic mass is 10.00. The molecule has 1 heterocycles. The molecule has 2 aromatic carbocycles. The molecule has 0 bridgehead atoms. The van der Waals surface area contributed by atoms with Crippen LogP contribution in [-0.2, 0) is 23.5 Å². The molecule has 0 aromatic heterocycles. The summed E-state index contributed by atoms with van der Waals surface area (Å²) in [6, 6.07) is 16.2. The lowest BCUT2D eigenvalue weighted by Crippen LogP contribution is -2.37. The van der Waals surface area contributed by atoms with Gasteiger partial charge in [-0.05, 0) is 35.2 Å². The van der Waals surface area contributed by atoms with Gasteiger partial charge in [-0.1, -0.05) is 48.0 Å². The SMILES string of the molecule is O=C(CSCc1ccc(Cl)cc1)N1CCc2ccccc2C1. The maximum absolute atomic E-state index is 12.3. The van der Waals surface area contributed by atoms with Crippen molar-refractivity contribution in [1.82, 2.24) is 4.90 Å². The first-order valence-corrected chi connectivity index (χ1v) is 8.92. The van der Waals surface area contributed by atoms with Gasteiger partial charge >= 0.3 is 0 Å². The molecule has 0 unspecified atom stereocenters. The molecular weight excluding hydrogens is 314 g/mol. The van der Waals surface area contributed by atoms with E-state index in [2.05, 4.69) is 18.2 Å². The summed E-state index contributed by atoms with van der Waals surface area (Å²) < 4.78 is 0. The van der Waals surface area contributed by atoms with Crippen LogP contribution in [0.25, 0.3) is 0 Å². The number of nitrogens with zero attached hydrogens (tertiary/aromatic N) is 1. The fourth-order valence-electron chi connectivity index (χ4n) is 2.64. The van der Waals surface area contributed by atoms with Crippen molar-refractivity contribution in [3.8, 4) is 0 Å². The van der Waals surface area contributed by atoms with Crippen molar-refractivity contribution < 1.29 is 4.79 Å². The minimum absolute atomic E-state index is 0.230. The second-order valence-corrected chi connectivity index (χ2v) is 6.88. The fourth-order valence-corrected chi connectivity index (χ4v) is 3.65. The van der Waals surface area contributed by atoms with Crippen LogP contribution < -0.4 is 0 Å². The van der Waals surface area contributed by atoms with Crippen LogP contribution >= 0.6 is 23.4 Å². The second kappa shape index (κ2) is 7.21. The number of carbonyl (C=O) groups excluding carboxylic acids is 1. The smallest absolute Gasteiger partial charge is 0.232 e. The van der Waals surface area contributed by atoms with E-state index in [4.69, 9.17) is 11.6 Å². The monoisotopic (exact) mass is 331 g/mol. The Morgan fingerprint density at radius 2 is 1.82 bits per heavy atom. The van der Waals surface area contributed by atoms with Crippen molar-refractivity contribution in [2.24, 2.45) is 0 Å². The van der Waals surface area contributed by atoms with Crippen LogP contribution in [0.15, 0.2) is 48.5 Å². The highest BCUT2D eigenvalue weighted by Gasteiger charge is 2.19. The second-order valence-electron chi connectivity index (χ2n) is 5.45. The molecule has 0 atom stereocenters. The Hall–Kier alpha value is -1.45. The highest BCUT2D eigenvalue weighted by Crippen LogP contribution is 2.20. The molecule has 2 aromatic rings. The van der Waals surface area contributed by atoms with E-state index in [-0.39, 0.29) is 5.91 Å². The lowest BCUT2D eigenvalue weighted by Gasteiger charge is -2.28. The number of hydrogen-bond acceptors (Lipinski definition) is 2. The first kappa shape index (κ1) is 15.4. The molecule has 0 aliphatic carbocycles. The van der Waals surface area contributed by atoms with Crippen LogP contribution in [0.4, 0.5) is 0 Å². The number of hydrogen-bond donors (Lipinski definition) is 0. The van der Waals surface area contributed by atoms with Crippen molar-refractivity contribution >= 4 is 29.3 Å². The van der Waals surface area contributed by atoms with Gasteiger partial charge in [-0.2, -0.15) is 0 Å². The average molecular weight is 332 g/mol. The topological polar surface area (TPSA) is 20.3 Å². The predicted octanol–water partition coefficient (Wildman–Crippen LogP) is 4.16. The third-order valence-corrected chi connectivity index (χ3v) is 5.13. The molecule has 1 amide bonds. The maximum Gasteiger partial charge on any atom is 0.232 e. The molecule has 1 aliphatic rings. The molecule has 3 rings (SSSR count). The van der Waals surface area contributed by atoms with Crippen molar-refractivity contribution in [2.45, 2.75) is 18.7 Å². The predicted molar refractivity (Wildman–Crippen MR) is 93.2 cm³/mol. The first-order valence-electron chi connectivity index (χ1n) is 7.39. The molecular formula is C18H18ClNOS. The summed E-state index contributed by atoms with van der Waals surface area (Å²) in [7, 11) is 0. The van der Waals surface area contributed by atoms with Gasteiger partial charge in [0.05, 0.1) is 5.75 Å². The third-order valence-electron chi connectivity index (χ3n) is 3.89. The van der Waals surface area contributed by atoms with E-state index in [0.29, 0.717) is 5.75 Å². The molecule has 0 saturated carbocycles. The van der Waals surface area contributed by atoms with Gasteiger partial charge in [0.2, 0.25) is 5.91 Å². The van der Waals surface area contributed by atoms with Crippen molar-refractivity contribution in [3.05, 3.63) is 70.2 Å². The number of rotatable bonds is 4. The van der Waals surface area contributed by atoms with Crippen LogP contribution in [0.1, 0.15) is 16.7 Å². The van der Waals surface area contributed by atoms with Crippen molar-refractivity contribution in [3.63, 3.8) is 0 Å². The van der Waals surface area contributed by atoms with Crippen LogP contribution in [-0.4, -0.2) is 23.1 Å². The Bertz CT molecular complexity index is 656. The number of fused-ring (bicyclic) bond motifs is 1. The fraction of sp³-hybridized carbons (Fsp3) is 0.278. The average Bonchev–Trinajstić information content (AvgIpc) is 2.56. The molecule has 0 radical (unpaired) electrons. The zero-order valence-corrected chi connectivity index (χ0v) is 13.9. The van der Waals surface area contributed by atoms with E-state index in [1.807, 2.05) is 35.2 Å². The van der Waals surface area contributed by atoms with Gasteiger partial charge in [0.25, 0.3) is 0 Å². The van der Waals surface area contributed by atoms with E-state index in [9.17, 15) is 4.79 Å². The molecule has 22 heavy (non-hydrogen) atoms. The number of thioether (sulfide) groups is 1. The molecule has 2 nitrogen and oxygen atoms in total. The van der Waals surface area contributed by atoms with Crippen LogP contribution in [0.5, 0.6) is 0 Å².